The van der Waals surface area contributed by atoms with E-state index in [1.165, 1.54) is 0 Å². The molecule has 0 amide bonds. The molecule has 3 aliphatic rings. The molecule has 0 radical (unpaired) electrons. The van der Waals surface area contributed by atoms with Crippen molar-refractivity contribution in [2.45, 2.75) is 36.4 Å². The average Bonchev–Trinajstić information content (AvgIpc) is 2.49. The highest BCUT2D eigenvalue weighted by molar-refractivity contribution is 7.87. The maximum absolute atomic E-state index is 11.6. The Bertz CT molecular complexity index is 364. The summed E-state index contributed by atoms with van der Waals surface area (Å²) in [5.74, 6) is 0.445. The van der Waals surface area contributed by atoms with E-state index in [0.717, 1.165) is 12.8 Å². The van der Waals surface area contributed by atoms with Gasteiger partial charge in [0, 0.05) is 10.7 Å². The molecule has 0 spiro atoms. The molecule has 5 atom stereocenters. The van der Waals surface area contributed by atoms with E-state index in [9.17, 15) is 8.42 Å². The molecule has 5 unspecified atom stereocenters. The number of rotatable bonds is 0. The molecule has 1 saturated heterocycles. The molecule has 0 N–H and O–H groups in total. The van der Waals surface area contributed by atoms with Gasteiger partial charge in [0.1, 0.15) is 0 Å². The molecule has 2 bridgehead atoms. The highest BCUT2D eigenvalue weighted by Gasteiger charge is 2.69. The third kappa shape index (κ3) is 0.796. The van der Waals surface area contributed by atoms with Gasteiger partial charge in [-0.3, -0.25) is 4.18 Å². The quantitative estimate of drug-likeness (QED) is 0.485. The van der Waals surface area contributed by atoms with E-state index in [4.69, 9.17) is 4.18 Å². The van der Waals surface area contributed by atoms with Crippen LogP contribution in [0.25, 0.3) is 0 Å². The smallest absolute Gasteiger partial charge is 0.265 e. The molecule has 13 heavy (non-hydrogen) atoms. The van der Waals surface area contributed by atoms with Gasteiger partial charge < -0.3 is 0 Å². The van der Waals surface area contributed by atoms with Crippen LogP contribution in [0.3, 0.4) is 0 Å². The van der Waals surface area contributed by atoms with Gasteiger partial charge in [-0.05, 0) is 18.8 Å². The van der Waals surface area contributed by atoms with Gasteiger partial charge in [-0.15, -0.1) is 0 Å². The SMILES string of the molecule is CC12CC3CC1S(=O)(=O)OC2C3S. The summed E-state index contributed by atoms with van der Waals surface area (Å²) in [5.41, 5.74) is -0.143. The normalized spacial score (nSPS) is 61.7. The lowest BCUT2D eigenvalue weighted by molar-refractivity contribution is 0.139. The van der Waals surface area contributed by atoms with Crippen molar-refractivity contribution in [1.82, 2.24) is 0 Å². The molecule has 3 rings (SSSR count). The van der Waals surface area contributed by atoms with Gasteiger partial charge in [0.25, 0.3) is 10.1 Å². The minimum atomic E-state index is -3.27. The molecular formula is C8H12O3S2. The van der Waals surface area contributed by atoms with Crippen molar-refractivity contribution >= 4 is 22.7 Å². The van der Waals surface area contributed by atoms with E-state index >= 15 is 0 Å². The lowest BCUT2D eigenvalue weighted by Crippen LogP contribution is -2.37. The van der Waals surface area contributed by atoms with Crippen LogP contribution in [0.1, 0.15) is 19.8 Å². The Hall–Kier alpha value is 0.260. The van der Waals surface area contributed by atoms with Crippen molar-refractivity contribution in [3.63, 3.8) is 0 Å². The van der Waals surface area contributed by atoms with Crippen molar-refractivity contribution in [2.24, 2.45) is 11.3 Å². The van der Waals surface area contributed by atoms with Crippen LogP contribution in [0, 0.1) is 11.3 Å². The Kier molecular flexibility index (Phi) is 1.38. The van der Waals surface area contributed by atoms with E-state index in [0.29, 0.717) is 5.92 Å². The second kappa shape index (κ2) is 2.09. The van der Waals surface area contributed by atoms with Crippen LogP contribution in [0.15, 0.2) is 0 Å². The van der Waals surface area contributed by atoms with Gasteiger partial charge in [0.05, 0.1) is 11.4 Å². The molecule has 0 aromatic carbocycles. The Balaban J connectivity index is 2.18. The Morgan fingerprint density at radius 2 is 2.23 bits per heavy atom. The molecular weight excluding hydrogens is 208 g/mol. The molecule has 1 heterocycles. The summed E-state index contributed by atoms with van der Waals surface area (Å²) < 4.78 is 28.3. The fourth-order valence-electron chi connectivity index (χ4n) is 3.35. The summed E-state index contributed by atoms with van der Waals surface area (Å²) in [6, 6.07) is 0. The molecule has 5 heteroatoms. The molecule has 0 aromatic heterocycles. The molecule has 3 fully saturated rings. The van der Waals surface area contributed by atoms with Crippen LogP contribution in [-0.2, 0) is 14.3 Å². The first-order valence-electron chi connectivity index (χ1n) is 4.55. The monoisotopic (exact) mass is 220 g/mol. The topological polar surface area (TPSA) is 43.4 Å². The van der Waals surface area contributed by atoms with Crippen LogP contribution < -0.4 is 0 Å². The first kappa shape index (κ1) is 8.56. The molecule has 2 saturated carbocycles. The van der Waals surface area contributed by atoms with Crippen molar-refractivity contribution in [1.29, 1.82) is 0 Å². The average molecular weight is 220 g/mol. The van der Waals surface area contributed by atoms with Gasteiger partial charge in [-0.1, -0.05) is 6.92 Å². The minimum Gasteiger partial charge on any atom is -0.265 e. The summed E-state index contributed by atoms with van der Waals surface area (Å²) in [6.45, 7) is 2.03. The van der Waals surface area contributed by atoms with Crippen LogP contribution in [0.2, 0.25) is 0 Å². The molecule has 0 aromatic rings. The zero-order chi connectivity index (χ0) is 9.43. The second-order valence-electron chi connectivity index (χ2n) is 4.69. The minimum absolute atomic E-state index is 0.124. The summed E-state index contributed by atoms with van der Waals surface area (Å²) in [7, 11) is -3.27. The fourth-order valence-corrected chi connectivity index (χ4v) is 6.19. The molecule has 74 valence electrons. The van der Waals surface area contributed by atoms with Crippen LogP contribution in [0.5, 0.6) is 0 Å². The number of fused-ring (bicyclic) bond motifs is 1. The number of thiol groups is 1. The van der Waals surface area contributed by atoms with Crippen molar-refractivity contribution in [3.05, 3.63) is 0 Å². The van der Waals surface area contributed by atoms with Crippen molar-refractivity contribution in [2.75, 3.05) is 0 Å². The lowest BCUT2D eigenvalue weighted by Gasteiger charge is -2.27. The van der Waals surface area contributed by atoms with E-state index in [-0.39, 0.29) is 22.0 Å². The van der Waals surface area contributed by atoms with Gasteiger partial charge >= 0.3 is 0 Å². The first-order valence-corrected chi connectivity index (χ1v) is 6.54. The lowest BCUT2D eigenvalue weighted by atomic mass is 9.83. The van der Waals surface area contributed by atoms with Gasteiger partial charge in [-0.2, -0.15) is 21.0 Å². The van der Waals surface area contributed by atoms with E-state index in [1.54, 1.807) is 0 Å². The van der Waals surface area contributed by atoms with E-state index in [2.05, 4.69) is 12.6 Å². The second-order valence-corrected chi connectivity index (χ2v) is 7.04. The van der Waals surface area contributed by atoms with E-state index < -0.39 is 10.1 Å². The first-order chi connectivity index (χ1) is 5.95. The summed E-state index contributed by atoms with van der Waals surface area (Å²) in [6.07, 6.45) is 1.56. The Labute approximate surface area is 83.4 Å². The summed E-state index contributed by atoms with van der Waals surface area (Å²) >= 11 is 4.44. The van der Waals surface area contributed by atoms with Crippen LogP contribution in [-0.4, -0.2) is 25.0 Å². The van der Waals surface area contributed by atoms with Crippen LogP contribution >= 0.6 is 12.6 Å². The Morgan fingerprint density at radius 1 is 1.54 bits per heavy atom. The fraction of sp³-hybridized carbons (Fsp3) is 1.00. The Morgan fingerprint density at radius 3 is 2.77 bits per heavy atom. The predicted molar refractivity (Wildman–Crippen MR) is 51.2 cm³/mol. The largest absolute Gasteiger partial charge is 0.271 e. The van der Waals surface area contributed by atoms with E-state index in [1.807, 2.05) is 6.92 Å². The van der Waals surface area contributed by atoms with Crippen molar-refractivity contribution < 1.29 is 12.6 Å². The predicted octanol–water partition coefficient (Wildman–Crippen LogP) is 0.812. The summed E-state index contributed by atoms with van der Waals surface area (Å²) in [4.78, 5) is 0. The van der Waals surface area contributed by atoms with Crippen molar-refractivity contribution in [3.8, 4) is 0 Å². The molecule has 2 aliphatic carbocycles. The standard InChI is InChI=1S/C8H12O3S2/c1-8-3-4-2-5(8)13(9,10)11-7(8)6(4)12/h4-7,12H,2-3H2,1H3. The van der Waals surface area contributed by atoms with Gasteiger partial charge in [0.15, 0.2) is 0 Å². The van der Waals surface area contributed by atoms with Crippen LogP contribution in [0.4, 0.5) is 0 Å². The molecule has 1 aliphatic heterocycles. The zero-order valence-corrected chi connectivity index (χ0v) is 9.01. The summed E-state index contributed by atoms with van der Waals surface area (Å²) in [5, 5.41) is -0.128. The highest BCUT2D eigenvalue weighted by Crippen LogP contribution is 2.63. The van der Waals surface area contributed by atoms with Gasteiger partial charge in [0.2, 0.25) is 0 Å². The third-order valence-corrected chi connectivity index (χ3v) is 6.58. The van der Waals surface area contributed by atoms with Gasteiger partial charge in [-0.25, -0.2) is 0 Å². The highest BCUT2D eigenvalue weighted by atomic mass is 32.2. The maximum atomic E-state index is 11.6. The number of hydrogen-bond acceptors (Lipinski definition) is 4. The third-order valence-electron chi connectivity index (χ3n) is 3.98. The molecule has 3 nitrogen and oxygen atoms in total. The maximum Gasteiger partial charge on any atom is 0.271 e. The zero-order valence-electron chi connectivity index (χ0n) is 7.30. The number of hydrogen-bond donors (Lipinski definition) is 1.